The summed E-state index contributed by atoms with van der Waals surface area (Å²) in [5.41, 5.74) is 3.77. The van der Waals surface area contributed by atoms with Gasteiger partial charge in [0.25, 0.3) is 0 Å². The fourth-order valence-corrected chi connectivity index (χ4v) is 3.56. The van der Waals surface area contributed by atoms with Crippen molar-refractivity contribution < 1.29 is 14.3 Å². The molecule has 3 aromatic rings. The largest absolute Gasteiger partial charge is 0.454 e. The SMILES string of the molecule is Cn1c(C2CC(=O)Nc3cc4c(cc32)OCO4)nc2ccccc21. The molecule has 1 aromatic heterocycles. The second-order valence-corrected chi connectivity index (χ2v) is 6.12. The van der Waals surface area contributed by atoms with Gasteiger partial charge >= 0.3 is 0 Å². The van der Waals surface area contributed by atoms with Crippen molar-refractivity contribution >= 4 is 22.6 Å². The van der Waals surface area contributed by atoms with Crippen LogP contribution in [0.4, 0.5) is 5.69 Å². The van der Waals surface area contributed by atoms with Crippen molar-refractivity contribution in [2.45, 2.75) is 12.3 Å². The summed E-state index contributed by atoms with van der Waals surface area (Å²) >= 11 is 0. The molecule has 0 aliphatic carbocycles. The van der Waals surface area contributed by atoms with Crippen LogP contribution in [-0.4, -0.2) is 22.3 Å². The minimum Gasteiger partial charge on any atom is -0.454 e. The second-order valence-electron chi connectivity index (χ2n) is 6.12. The minimum absolute atomic E-state index is 0.0154. The first-order valence-electron chi connectivity index (χ1n) is 7.85. The molecule has 0 fully saturated rings. The Labute approximate surface area is 138 Å². The van der Waals surface area contributed by atoms with E-state index in [2.05, 4.69) is 9.88 Å². The normalized spacial score (nSPS) is 18.5. The monoisotopic (exact) mass is 321 g/mol. The first kappa shape index (κ1) is 13.4. The van der Waals surface area contributed by atoms with Gasteiger partial charge in [-0.25, -0.2) is 4.98 Å². The number of anilines is 1. The van der Waals surface area contributed by atoms with E-state index in [1.54, 1.807) is 0 Å². The zero-order chi connectivity index (χ0) is 16.3. The average Bonchev–Trinajstić information content (AvgIpc) is 3.17. The quantitative estimate of drug-likeness (QED) is 0.748. The molecular formula is C18H15N3O3. The standard InChI is InChI=1S/C18H15N3O3/c1-21-14-5-3-2-4-12(14)20-18(21)11-7-17(22)19-13-8-16-15(6-10(11)13)23-9-24-16/h2-6,8,11H,7,9H2,1H3,(H,19,22). The molecule has 1 N–H and O–H groups in total. The molecule has 120 valence electrons. The zero-order valence-electron chi connectivity index (χ0n) is 13.1. The van der Waals surface area contributed by atoms with Crippen LogP contribution in [-0.2, 0) is 11.8 Å². The van der Waals surface area contributed by atoms with Gasteiger partial charge in [-0.1, -0.05) is 12.1 Å². The lowest BCUT2D eigenvalue weighted by molar-refractivity contribution is -0.116. The molecule has 0 bridgehead atoms. The molecule has 2 aromatic carbocycles. The maximum atomic E-state index is 12.2. The van der Waals surface area contributed by atoms with Gasteiger partial charge in [-0.05, 0) is 23.8 Å². The summed E-state index contributed by atoms with van der Waals surface area (Å²) in [6.07, 6.45) is 0.365. The van der Waals surface area contributed by atoms with Crippen molar-refractivity contribution in [1.29, 1.82) is 0 Å². The van der Waals surface area contributed by atoms with Gasteiger partial charge in [-0.2, -0.15) is 0 Å². The Kier molecular flexibility index (Phi) is 2.65. The van der Waals surface area contributed by atoms with Gasteiger partial charge in [0, 0.05) is 25.2 Å². The fourth-order valence-electron chi connectivity index (χ4n) is 3.56. The lowest BCUT2D eigenvalue weighted by atomic mass is 9.89. The Morgan fingerprint density at radius 1 is 1.21 bits per heavy atom. The zero-order valence-corrected chi connectivity index (χ0v) is 13.1. The van der Waals surface area contributed by atoms with Crippen LogP contribution in [0.2, 0.25) is 0 Å². The number of aryl methyl sites for hydroxylation is 1. The highest BCUT2D eigenvalue weighted by molar-refractivity contribution is 5.96. The first-order chi connectivity index (χ1) is 11.7. The molecule has 0 saturated carbocycles. The van der Waals surface area contributed by atoms with Gasteiger partial charge in [-0.3, -0.25) is 4.79 Å². The van der Waals surface area contributed by atoms with E-state index in [1.165, 1.54) is 0 Å². The van der Waals surface area contributed by atoms with E-state index in [-0.39, 0.29) is 18.6 Å². The third-order valence-corrected chi connectivity index (χ3v) is 4.72. The number of hydrogen-bond acceptors (Lipinski definition) is 4. The van der Waals surface area contributed by atoms with Crippen LogP contribution in [0.1, 0.15) is 23.7 Å². The number of ether oxygens (including phenoxy) is 2. The van der Waals surface area contributed by atoms with Gasteiger partial charge in [0.05, 0.1) is 17.0 Å². The Morgan fingerprint density at radius 2 is 2.00 bits per heavy atom. The number of aromatic nitrogens is 2. The number of para-hydroxylation sites is 2. The third-order valence-electron chi connectivity index (χ3n) is 4.72. The molecule has 0 spiro atoms. The van der Waals surface area contributed by atoms with Crippen LogP contribution in [0, 0.1) is 0 Å². The van der Waals surface area contributed by atoms with Crippen LogP contribution in [0.3, 0.4) is 0 Å². The lowest BCUT2D eigenvalue weighted by Crippen LogP contribution is -2.25. The topological polar surface area (TPSA) is 65.4 Å². The number of fused-ring (bicyclic) bond motifs is 3. The summed E-state index contributed by atoms with van der Waals surface area (Å²) in [4.78, 5) is 17.0. The maximum Gasteiger partial charge on any atom is 0.231 e. The van der Waals surface area contributed by atoms with Gasteiger partial charge < -0.3 is 19.4 Å². The molecule has 1 unspecified atom stereocenters. The third kappa shape index (κ3) is 1.83. The highest BCUT2D eigenvalue weighted by atomic mass is 16.7. The minimum atomic E-state index is -0.111. The van der Waals surface area contributed by atoms with E-state index in [0.29, 0.717) is 17.9 Å². The van der Waals surface area contributed by atoms with Crippen molar-refractivity contribution in [3.63, 3.8) is 0 Å². The number of carbonyl (C=O) groups is 1. The number of hydrogen-bond donors (Lipinski definition) is 1. The number of benzene rings is 2. The van der Waals surface area contributed by atoms with Gasteiger partial charge in [-0.15, -0.1) is 0 Å². The molecule has 24 heavy (non-hydrogen) atoms. The van der Waals surface area contributed by atoms with E-state index >= 15 is 0 Å². The molecule has 0 saturated heterocycles. The number of carbonyl (C=O) groups excluding carboxylic acids is 1. The number of imidazole rings is 1. The van der Waals surface area contributed by atoms with Gasteiger partial charge in [0.15, 0.2) is 11.5 Å². The number of amides is 1. The molecule has 1 amide bonds. The van der Waals surface area contributed by atoms with Gasteiger partial charge in [0.1, 0.15) is 5.82 Å². The lowest BCUT2D eigenvalue weighted by Gasteiger charge is -2.25. The Hall–Kier alpha value is -3.02. The summed E-state index contributed by atoms with van der Waals surface area (Å²) in [7, 11) is 1.99. The number of nitrogens with zero attached hydrogens (tertiary/aromatic N) is 2. The molecule has 3 heterocycles. The smallest absolute Gasteiger partial charge is 0.231 e. The highest BCUT2D eigenvalue weighted by Crippen LogP contribution is 2.44. The molecule has 6 heteroatoms. The Bertz CT molecular complexity index is 993. The average molecular weight is 321 g/mol. The van der Waals surface area contributed by atoms with Crippen LogP contribution in [0.15, 0.2) is 36.4 Å². The molecule has 0 radical (unpaired) electrons. The van der Waals surface area contributed by atoms with Crippen molar-refractivity contribution in [3.8, 4) is 11.5 Å². The number of nitrogens with one attached hydrogen (secondary N) is 1. The molecular weight excluding hydrogens is 306 g/mol. The van der Waals surface area contributed by atoms with E-state index in [1.807, 2.05) is 43.4 Å². The van der Waals surface area contributed by atoms with Crippen LogP contribution in [0.25, 0.3) is 11.0 Å². The van der Waals surface area contributed by atoms with Crippen LogP contribution >= 0.6 is 0 Å². The second kappa shape index (κ2) is 4.74. The molecule has 2 aliphatic rings. The van der Waals surface area contributed by atoms with Crippen LogP contribution in [0.5, 0.6) is 11.5 Å². The fraction of sp³-hybridized carbons (Fsp3) is 0.222. The first-order valence-corrected chi connectivity index (χ1v) is 7.85. The molecule has 6 nitrogen and oxygen atoms in total. The van der Waals surface area contributed by atoms with E-state index in [9.17, 15) is 4.79 Å². The highest BCUT2D eigenvalue weighted by Gasteiger charge is 2.32. The Balaban J connectivity index is 1.71. The molecule has 5 rings (SSSR count). The van der Waals surface area contributed by atoms with E-state index in [4.69, 9.17) is 14.5 Å². The van der Waals surface area contributed by atoms with Crippen molar-refractivity contribution in [1.82, 2.24) is 9.55 Å². The van der Waals surface area contributed by atoms with Crippen LogP contribution < -0.4 is 14.8 Å². The summed E-state index contributed by atoms with van der Waals surface area (Å²) in [6.45, 7) is 0.211. The van der Waals surface area contributed by atoms with E-state index < -0.39 is 0 Å². The summed E-state index contributed by atoms with van der Waals surface area (Å²) in [5.74, 6) is 2.14. The van der Waals surface area contributed by atoms with E-state index in [0.717, 1.165) is 28.1 Å². The number of rotatable bonds is 1. The predicted molar refractivity (Wildman–Crippen MR) is 88.4 cm³/mol. The maximum absolute atomic E-state index is 12.2. The predicted octanol–water partition coefficient (Wildman–Crippen LogP) is 2.78. The summed E-state index contributed by atoms with van der Waals surface area (Å²) < 4.78 is 13.0. The van der Waals surface area contributed by atoms with Crippen molar-refractivity contribution in [2.75, 3.05) is 12.1 Å². The summed E-state index contributed by atoms with van der Waals surface area (Å²) in [6, 6.07) is 11.8. The molecule has 2 aliphatic heterocycles. The summed E-state index contributed by atoms with van der Waals surface area (Å²) in [5, 5.41) is 2.93. The van der Waals surface area contributed by atoms with Gasteiger partial charge in [0.2, 0.25) is 12.7 Å². The van der Waals surface area contributed by atoms with Crippen molar-refractivity contribution in [2.24, 2.45) is 7.05 Å². The van der Waals surface area contributed by atoms with Crippen molar-refractivity contribution in [3.05, 3.63) is 47.8 Å². The molecule has 1 atom stereocenters. The Morgan fingerprint density at radius 3 is 2.83 bits per heavy atom.